The zero-order valence-electron chi connectivity index (χ0n) is 15.4. The van der Waals surface area contributed by atoms with E-state index in [0.29, 0.717) is 12.1 Å². The number of hydrogen-bond donors (Lipinski definition) is 0. The summed E-state index contributed by atoms with van der Waals surface area (Å²) in [6, 6.07) is 10.4. The van der Waals surface area contributed by atoms with E-state index in [4.69, 9.17) is 0 Å². The molecule has 0 spiro atoms. The monoisotopic (exact) mass is 341 g/mol. The Hall–Kier alpha value is -2.39. The van der Waals surface area contributed by atoms with Gasteiger partial charge in [-0.3, -0.25) is 9.88 Å². The van der Waals surface area contributed by atoms with Crippen LogP contribution in [-0.4, -0.2) is 27.5 Å². The van der Waals surface area contributed by atoms with Crippen LogP contribution in [0, 0.1) is 6.92 Å². The summed E-state index contributed by atoms with van der Waals surface area (Å²) in [4.78, 5) is 6.87. The molecule has 130 valence electrons. The van der Waals surface area contributed by atoms with Crippen molar-refractivity contribution in [2.24, 2.45) is 0 Å². The smallest absolute Gasteiger partial charge is 0.0529 e. The van der Waals surface area contributed by atoms with Crippen molar-refractivity contribution in [2.45, 2.75) is 44.7 Å². The van der Waals surface area contributed by atoms with Gasteiger partial charge in [0.1, 0.15) is 0 Å². The summed E-state index contributed by atoms with van der Waals surface area (Å²) in [7, 11) is 2.32. The Kier molecular flexibility index (Phi) is 2.88. The molecule has 1 fully saturated rings. The van der Waals surface area contributed by atoms with Crippen molar-refractivity contribution in [1.82, 2.24) is 14.5 Å². The number of rotatable bonds is 1. The fourth-order valence-electron chi connectivity index (χ4n) is 5.41. The highest BCUT2D eigenvalue weighted by molar-refractivity contribution is 5.93. The lowest BCUT2D eigenvalue weighted by atomic mass is 9.85. The van der Waals surface area contributed by atoms with Gasteiger partial charge in [-0.15, -0.1) is 0 Å². The third-order valence-corrected chi connectivity index (χ3v) is 6.82. The van der Waals surface area contributed by atoms with E-state index >= 15 is 0 Å². The Morgan fingerprint density at radius 1 is 1.19 bits per heavy atom. The molecule has 3 nitrogen and oxygen atoms in total. The second-order valence-electron chi connectivity index (χ2n) is 8.23. The number of pyridine rings is 1. The molecule has 0 N–H and O–H groups in total. The average molecular weight is 341 g/mol. The normalized spacial score (nSPS) is 25.4. The SMILES string of the molecule is Cc1ccc2c(c1)c1c(n2/C=C2\Cc3cnccc32)CC2CCC1N2C. The summed E-state index contributed by atoms with van der Waals surface area (Å²) in [6.45, 7) is 2.21. The average Bonchev–Trinajstić information content (AvgIpc) is 3.03. The first-order chi connectivity index (χ1) is 12.7. The van der Waals surface area contributed by atoms with Crippen LogP contribution in [0.3, 0.4) is 0 Å². The van der Waals surface area contributed by atoms with Crippen molar-refractivity contribution in [1.29, 1.82) is 0 Å². The highest BCUT2D eigenvalue weighted by Crippen LogP contribution is 2.47. The molecule has 2 aromatic heterocycles. The Bertz CT molecular complexity index is 1090. The zero-order chi connectivity index (χ0) is 17.4. The number of fused-ring (bicyclic) bond motifs is 7. The molecule has 3 aliphatic rings. The predicted octanol–water partition coefficient (Wildman–Crippen LogP) is 4.59. The maximum absolute atomic E-state index is 4.25. The van der Waals surface area contributed by atoms with Crippen LogP contribution in [0.15, 0.2) is 36.7 Å². The first-order valence-electron chi connectivity index (χ1n) is 9.70. The number of likely N-dealkylation sites (N-methyl/N-ethyl adjacent to an activating group) is 1. The van der Waals surface area contributed by atoms with Crippen LogP contribution in [0.1, 0.15) is 46.8 Å². The van der Waals surface area contributed by atoms with Crippen LogP contribution < -0.4 is 0 Å². The number of hydrogen-bond acceptors (Lipinski definition) is 2. The fourth-order valence-corrected chi connectivity index (χ4v) is 5.41. The van der Waals surface area contributed by atoms with Crippen molar-refractivity contribution in [3.05, 3.63) is 64.6 Å². The van der Waals surface area contributed by atoms with Crippen LogP contribution in [0.25, 0.3) is 22.7 Å². The van der Waals surface area contributed by atoms with Gasteiger partial charge < -0.3 is 4.57 Å². The number of nitrogens with zero attached hydrogens (tertiary/aromatic N) is 3. The predicted molar refractivity (Wildman–Crippen MR) is 106 cm³/mol. The Balaban J connectivity index is 1.60. The van der Waals surface area contributed by atoms with Gasteiger partial charge in [-0.1, -0.05) is 11.6 Å². The van der Waals surface area contributed by atoms with E-state index in [9.17, 15) is 0 Å². The summed E-state index contributed by atoms with van der Waals surface area (Å²) in [5, 5.41) is 1.46. The van der Waals surface area contributed by atoms with Gasteiger partial charge in [-0.2, -0.15) is 0 Å². The minimum Gasteiger partial charge on any atom is -0.320 e. The van der Waals surface area contributed by atoms with Crippen molar-refractivity contribution in [3.8, 4) is 0 Å². The first kappa shape index (κ1) is 14.7. The van der Waals surface area contributed by atoms with Crippen molar-refractivity contribution >= 4 is 22.7 Å². The largest absolute Gasteiger partial charge is 0.320 e. The second kappa shape index (κ2) is 5.08. The zero-order valence-corrected chi connectivity index (χ0v) is 15.4. The lowest BCUT2D eigenvalue weighted by molar-refractivity contribution is 0.223. The molecule has 4 heterocycles. The summed E-state index contributed by atoms with van der Waals surface area (Å²) >= 11 is 0. The van der Waals surface area contributed by atoms with Crippen molar-refractivity contribution in [2.75, 3.05) is 7.05 Å². The van der Waals surface area contributed by atoms with Crippen LogP contribution in [0.4, 0.5) is 0 Å². The number of benzene rings is 1. The molecule has 2 bridgehead atoms. The van der Waals surface area contributed by atoms with Crippen molar-refractivity contribution in [3.63, 3.8) is 0 Å². The molecule has 1 saturated heterocycles. The molecule has 26 heavy (non-hydrogen) atoms. The van der Waals surface area contributed by atoms with Crippen LogP contribution in [0.5, 0.6) is 0 Å². The van der Waals surface area contributed by atoms with Gasteiger partial charge in [-0.05, 0) is 67.3 Å². The summed E-state index contributed by atoms with van der Waals surface area (Å²) in [5.74, 6) is 0. The van der Waals surface area contributed by atoms with Crippen LogP contribution >= 0.6 is 0 Å². The van der Waals surface area contributed by atoms with Crippen molar-refractivity contribution < 1.29 is 0 Å². The van der Waals surface area contributed by atoms with Gasteiger partial charge in [0.25, 0.3) is 0 Å². The summed E-state index contributed by atoms with van der Waals surface area (Å²) < 4.78 is 2.52. The number of aromatic nitrogens is 2. The fraction of sp³-hybridized carbons (Fsp3) is 0.348. The van der Waals surface area contributed by atoms with Gasteiger partial charge in [0.15, 0.2) is 0 Å². The Labute approximate surface area is 154 Å². The minimum atomic E-state index is 0.588. The topological polar surface area (TPSA) is 21.1 Å². The molecule has 3 aromatic rings. The number of allylic oxidation sites excluding steroid dienone is 1. The standard InChI is InChI=1S/C23H23N3/c1-14-3-5-20-19(9-14)23-21-6-4-17(25(21)2)11-22(23)26(20)13-16-10-15-12-24-8-7-18(15)16/h3,5,7-9,12-13,17,21H,4,6,10-11H2,1-2H3/b16-13+. The van der Waals surface area contributed by atoms with Gasteiger partial charge in [-0.25, -0.2) is 0 Å². The van der Waals surface area contributed by atoms with E-state index in [1.807, 2.05) is 12.4 Å². The molecular formula is C23H23N3. The molecule has 0 radical (unpaired) electrons. The molecule has 0 saturated carbocycles. The lowest BCUT2D eigenvalue weighted by Crippen LogP contribution is -2.34. The van der Waals surface area contributed by atoms with E-state index < -0.39 is 0 Å². The molecule has 0 amide bonds. The van der Waals surface area contributed by atoms with Crippen LogP contribution in [0.2, 0.25) is 0 Å². The molecular weight excluding hydrogens is 318 g/mol. The van der Waals surface area contributed by atoms with Gasteiger partial charge >= 0.3 is 0 Å². The molecule has 1 aromatic carbocycles. The molecule has 2 atom stereocenters. The molecule has 1 aliphatic carbocycles. The maximum Gasteiger partial charge on any atom is 0.0529 e. The quantitative estimate of drug-likeness (QED) is 0.645. The Morgan fingerprint density at radius 2 is 2.12 bits per heavy atom. The van der Waals surface area contributed by atoms with E-state index in [0.717, 1.165) is 6.42 Å². The molecule has 6 rings (SSSR count). The highest BCUT2D eigenvalue weighted by Gasteiger charge is 2.40. The lowest BCUT2D eigenvalue weighted by Gasteiger charge is -2.32. The van der Waals surface area contributed by atoms with Crippen LogP contribution in [-0.2, 0) is 12.8 Å². The van der Waals surface area contributed by atoms with E-state index in [2.05, 4.69) is 58.9 Å². The van der Waals surface area contributed by atoms with E-state index in [1.165, 1.54) is 52.4 Å². The molecule has 2 unspecified atom stereocenters. The molecule has 2 aliphatic heterocycles. The van der Waals surface area contributed by atoms with Gasteiger partial charge in [0.05, 0.1) is 5.52 Å². The van der Waals surface area contributed by atoms with E-state index in [1.54, 1.807) is 11.3 Å². The van der Waals surface area contributed by atoms with Gasteiger partial charge in [0, 0.05) is 54.6 Å². The number of aryl methyl sites for hydroxylation is 1. The second-order valence-corrected chi connectivity index (χ2v) is 8.23. The Morgan fingerprint density at radius 3 is 3.00 bits per heavy atom. The summed E-state index contributed by atoms with van der Waals surface area (Å²) in [5.41, 5.74) is 10.1. The maximum atomic E-state index is 4.25. The summed E-state index contributed by atoms with van der Waals surface area (Å²) in [6.07, 6.45) is 11.2. The minimum absolute atomic E-state index is 0.588. The third kappa shape index (κ3) is 1.84. The highest BCUT2D eigenvalue weighted by atomic mass is 15.2. The first-order valence-corrected chi connectivity index (χ1v) is 9.70. The third-order valence-electron chi connectivity index (χ3n) is 6.82. The molecule has 3 heteroatoms. The van der Waals surface area contributed by atoms with Gasteiger partial charge in [0.2, 0.25) is 0 Å². The van der Waals surface area contributed by atoms with E-state index in [-0.39, 0.29) is 0 Å².